The monoisotopic (exact) mass is 240 g/mol. The molecule has 3 heteroatoms. The van der Waals surface area contributed by atoms with Gasteiger partial charge in [-0.25, -0.2) is 4.68 Å². The maximum Gasteiger partial charge on any atom is 0.184 e. The first-order valence-corrected chi connectivity index (χ1v) is 6.23. The summed E-state index contributed by atoms with van der Waals surface area (Å²) in [7, 11) is 0. The summed E-state index contributed by atoms with van der Waals surface area (Å²) in [4.78, 5) is 12.4. The Morgan fingerprint density at radius 1 is 1.28 bits per heavy atom. The molecule has 0 saturated heterocycles. The predicted molar refractivity (Wildman–Crippen MR) is 69.8 cm³/mol. The zero-order chi connectivity index (χ0) is 12.8. The number of para-hydroxylation sites is 1. The topological polar surface area (TPSA) is 34.9 Å². The molecule has 1 heterocycles. The van der Waals surface area contributed by atoms with Crippen molar-refractivity contribution in [3.8, 4) is 5.69 Å². The normalized spacial score (nSPS) is 20.7. The van der Waals surface area contributed by atoms with Crippen molar-refractivity contribution in [3.05, 3.63) is 48.3 Å². The molecule has 2 aromatic rings. The molecule has 0 spiro atoms. The fourth-order valence-corrected chi connectivity index (χ4v) is 2.36. The van der Waals surface area contributed by atoms with Crippen LogP contribution in [-0.2, 0) is 0 Å². The highest BCUT2D eigenvalue weighted by atomic mass is 16.1. The van der Waals surface area contributed by atoms with Gasteiger partial charge in [0.15, 0.2) is 5.78 Å². The van der Waals surface area contributed by atoms with Gasteiger partial charge < -0.3 is 0 Å². The summed E-state index contributed by atoms with van der Waals surface area (Å²) in [5.41, 5.74) is 1.78. The maximum absolute atomic E-state index is 12.4. The van der Waals surface area contributed by atoms with Gasteiger partial charge in [-0.1, -0.05) is 32.0 Å². The van der Waals surface area contributed by atoms with Crippen molar-refractivity contribution in [1.29, 1.82) is 0 Å². The van der Waals surface area contributed by atoms with Gasteiger partial charge in [0.1, 0.15) is 5.69 Å². The molecular weight excluding hydrogens is 224 g/mol. The first kappa shape index (κ1) is 11.2. The average molecular weight is 240 g/mol. The highest BCUT2D eigenvalue weighted by Crippen LogP contribution is 2.53. The smallest absolute Gasteiger partial charge is 0.184 e. The van der Waals surface area contributed by atoms with E-state index in [-0.39, 0.29) is 17.1 Å². The van der Waals surface area contributed by atoms with E-state index in [9.17, 15) is 4.79 Å². The lowest BCUT2D eigenvalue weighted by molar-refractivity contribution is 0.0945. The molecule has 1 unspecified atom stereocenters. The lowest BCUT2D eigenvalue weighted by Crippen LogP contribution is -2.12. The van der Waals surface area contributed by atoms with Crippen LogP contribution in [0.2, 0.25) is 0 Å². The van der Waals surface area contributed by atoms with Crippen LogP contribution < -0.4 is 0 Å². The fraction of sp³-hybridized carbons (Fsp3) is 0.333. The number of nitrogens with zero attached hydrogens (tertiary/aromatic N) is 2. The average Bonchev–Trinajstić information content (AvgIpc) is 2.80. The van der Waals surface area contributed by atoms with E-state index in [4.69, 9.17) is 0 Å². The largest absolute Gasteiger partial charge is 0.292 e. The molecule has 1 atom stereocenters. The number of carbonyl (C=O) groups excluding carboxylic acids is 1. The van der Waals surface area contributed by atoms with Gasteiger partial charge in [-0.2, -0.15) is 5.10 Å². The molecule has 1 aliphatic rings. The lowest BCUT2D eigenvalue weighted by atomic mass is 10.1. The molecule has 1 aromatic carbocycles. The number of aromatic nitrogens is 2. The maximum atomic E-state index is 12.4. The molecule has 92 valence electrons. The molecule has 0 N–H and O–H groups in total. The van der Waals surface area contributed by atoms with Gasteiger partial charge in [-0.3, -0.25) is 4.79 Å². The Morgan fingerprint density at radius 3 is 2.56 bits per heavy atom. The van der Waals surface area contributed by atoms with Crippen molar-refractivity contribution in [3.63, 3.8) is 0 Å². The van der Waals surface area contributed by atoms with E-state index in [0.29, 0.717) is 5.69 Å². The molecule has 18 heavy (non-hydrogen) atoms. The zero-order valence-corrected chi connectivity index (χ0v) is 10.6. The van der Waals surface area contributed by atoms with E-state index in [0.717, 1.165) is 12.1 Å². The number of hydrogen-bond donors (Lipinski definition) is 0. The van der Waals surface area contributed by atoms with Crippen LogP contribution in [0.4, 0.5) is 0 Å². The van der Waals surface area contributed by atoms with Crippen molar-refractivity contribution in [2.75, 3.05) is 0 Å². The summed E-state index contributed by atoms with van der Waals surface area (Å²) in [5.74, 6) is 0.359. The van der Waals surface area contributed by atoms with Gasteiger partial charge in [-0.05, 0) is 30.0 Å². The van der Waals surface area contributed by atoms with E-state index in [1.807, 2.05) is 36.4 Å². The Balaban J connectivity index is 1.96. The summed E-state index contributed by atoms with van der Waals surface area (Å²) in [6.45, 7) is 4.28. The van der Waals surface area contributed by atoms with Crippen LogP contribution in [0.25, 0.3) is 5.69 Å². The first-order chi connectivity index (χ1) is 8.59. The molecule has 1 aliphatic carbocycles. The van der Waals surface area contributed by atoms with Crippen molar-refractivity contribution < 1.29 is 4.79 Å². The number of carbonyl (C=O) groups is 1. The Kier molecular flexibility index (Phi) is 2.37. The third-order valence-corrected chi connectivity index (χ3v) is 3.73. The minimum absolute atomic E-state index is 0.150. The van der Waals surface area contributed by atoms with E-state index in [1.165, 1.54) is 0 Å². The van der Waals surface area contributed by atoms with Crippen LogP contribution in [-0.4, -0.2) is 15.6 Å². The second-order valence-corrected chi connectivity index (χ2v) is 5.57. The van der Waals surface area contributed by atoms with Gasteiger partial charge in [0, 0.05) is 5.92 Å². The number of ketones is 1. The lowest BCUT2D eigenvalue weighted by Gasteiger charge is -2.07. The van der Waals surface area contributed by atoms with Gasteiger partial charge in [0.2, 0.25) is 0 Å². The summed E-state index contributed by atoms with van der Waals surface area (Å²) >= 11 is 0. The Labute approximate surface area is 106 Å². The highest BCUT2D eigenvalue weighted by molar-refractivity contribution is 5.99. The number of benzene rings is 1. The summed E-state index contributed by atoms with van der Waals surface area (Å²) in [6, 6.07) is 11.6. The van der Waals surface area contributed by atoms with Gasteiger partial charge in [0.05, 0.1) is 11.9 Å². The fourth-order valence-electron chi connectivity index (χ4n) is 2.36. The molecule has 1 saturated carbocycles. The summed E-state index contributed by atoms with van der Waals surface area (Å²) in [5, 5.41) is 4.26. The second kappa shape index (κ2) is 3.80. The standard InChI is InChI=1S/C15H16N2O/c1-15(2)10-12(15)14(18)13-8-9-16-17(13)11-6-4-3-5-7-11/h3-9,12H,10H2,1-2H3. The second-order valence-electron chi connectivity index (χ2n) is 5.57. The van der Waals surface area contributed by atoms with Crippen LogP contribution in [0.3, 0.4) is 0 Å². The molecule has 1 fully saturated rings. The van der Waals surface area contributed by atoms with Crippen LogP contribution >= 0.6 is 0 Å². The molecule has 3 rings (SSSR count). The van der Waals surface area contributed by atoms with Crippen molar-refractivity contribution in [2.45, 2.75) is 20.3 Å². The number of rotatable bonds is 3. The molecule has 3 nitrogen and oxygen atoms in total. The Hall–Kier alpha value is -1.90. The van der Waals surface area contributed by atoms with E-state index in [2.05, 4.69) is 18.9 Å². The third-order valence-electron chi connectivity index (χ3n) is 3.73. The van der Waals surface area contributed by atoms with E-state index < -0.39 is 0 Å². The quantitative estimate of drug-likeness (QED) is 0.773. The third kappa shape index (κ3) is 1.76. The molecule has 1 aromatic heterocycles. The molecule has 0 radical (unpaired) electrons. The van der Waals surface area contributed by atoms with Crippen molar-refractivity contribution in [1.82, 2.24) is 9.78 Å². The molecular formula is C15H16N2O. The summed E-state index contributed by atoms with van der Waals surface area (Å²) < 4.78 is 1.73. The minimum Gasteiger partial charge on any atom is -0.292 e. The Morgan fingerprint density at radius 2 is 1.94 bits per heavy atom. The molecule has 0 bridgehead atoms. The van der Waals surface area contributed by atoms with Crippen molar-refractivity contribution >= 4 is 5.78 Å². The Bertz CT molecular complexity index is 584. The number of hydrogen-bond acceptors (Lipinski definition) is 2. The SMILES string of the molecule is CC1(C)CC1C(=O)c1ccnn1-c1ccccc1. The van der Waals surface area contributed by atoms with Crippen LogP contribution in [0.15, 0.2) is 42.6 Å². The predicted octanol–water partition coefficient (Wildman–Crippen LogP) is 3.10. The van der Waals surface area contributed by atoms with Crippen LogP contribution in [0.5, 0.6) is 0 Å². The molecule has 0 amide bonds. The minimum atomic E-state index is 0.150. The first-order valence-electron chi connectivity index (χ1n) is 6.23. The van der Waals surface area contributed by atoms with Gasteiger partial charge in [-0.15, -0.1) is 0 Å². The van der Waals surface area contributed by atoms with Crippen LogP contribution in [0, 0.1) is 11.3 Å². The van der Waals surface area contributed by atoms with Gasteiger partial charge >= 0.3 is 0 Å². The number of Topliss-reactive ketones (excluding diaryl/α,β-unsaturated/α-hetero) is 1. The van der Waals surface area contributed by atoms with E-state index >= 15 is 0 Å². The van der Waals surface area contributed by atoms with Crippen molar-refractivity contribution in [2.24, 2.45) is 11.3 Å². The highest BCUT2D eigenvalue weighted by Gasteiger charge is 2.51. The van der Waals surface area contributed by atoms with E-state index in [1.54, 1.807) is 10.9 Å². The zero-order valence-electron chi connectivity index (χ0n) is 10.6. The van der Waals surface area contributed by atoms with Crippen LogP contribution in [0.1, 0.15) is 30.8 Å². The van der Waals surface area contributed by atoms with Gasteiger partial charge in [0.25, 0.3) is 0 Å². The molecule has 0 aliphatic heterocycles. The summed E-state index contributed by atoms with van der Waals surface area (Å²) in [6.07, 6.45) is 2.67.